The van der Waals surface area contributed by atoms with Crippen molar-refractivity contribution in [3.05, 3.63) is 200 Å². The van der Waals surface area contributed by atoms with E-state index >= 15 is 4.57 Å². The van der Waals surface area contributed by atoms with E-state index in [0.717, 1.165) is 15.9 Å². The van der Waals surface area contributed by atoms with Crippen LogP contribution < -0.4 is 36.7 Å². The Bertz CT molecular complexity index is 2730. The van der Waals surface area contributed by atoms with Gasteiger partial charge in [-0.3, -0.25) is 0 Å². The molecule has 0 unspecified atom stereocenters. The average molecular weight is 685 g/mol. The lowest BCUT2D eigenvalue weighted by molar-refractivity contribution is 0.592. The van der Waals surface area contributed by atoms with Crippen LogP contribution >= 0.6 is 7.14 Å². The van der Waals surface area contributed by atoms with Gasteiger partial charge in [0.25, 0.3) is 0 Å². The zero-order valence-corrected chi connectivity index (χ0v) is 29.8. The standard InChI is InChI=1S/C48H33OPSi/c49-50(34-17-5-1-6-18-34,35-19-7-2-8-20-35)36-29-30-43-46-32-44-41-27-15-13-25-39(41)40-26-14-16-28-42(40)45(44)33-48(46)51(47(43)31-36,37-21-9-3-10-22-37)38-23-11-4-12-24-38/h1-33H. The van der Waals surface area contributed by atoms with Crippen LogP contribution in [0.2, 0.25) is 0 Å². The molecule has 1 aliphatic rings. The van der Waals surface area contributed by atoms with E-state index in [1.807, 2.05) is 60.7 Å². The first-order valence-corrected chi connectivity index (χ1v) is 21.3. The summed E-state index contributed by atoms with van der Waals surface area (Å²) in [4.78, 5) is 0. The molecule has 0 aromatic heterocycles. The SMILES string of the molecule is O=P(c1ccccc1)(c1ccccc1)c1ccc2c(c1)[Si](c1ccccc1)(c1ccccc1)c1cc3c4ccccc4c4ccccc4c3cc1-2. The van der Waals surface area contributed by atoms with Crippen LogP contribution in [0.1, 0.15) is 0 Å². The summed E-state index contributed by atoms with van der Waals surface area (Å²) in [5.74, 6) is 0. The lowest BCUT2D eigenvalue weighted by atomic mass is 9.92. The van der Waals surface area contributed by atoms with E-state index in [9.17, 15) is 0 Å². The summed E-state index contributed by atoms with van der Waals surface area (Å²) in [6.45, 7) is 0. The Hall–Kier alpha value is -5.79. The predicted octanol–water partition coefficient (Wildman–Crippen LogP) is 8.14. The predicted molar refractivity (Wildman–Crippen MR) is 221 cm³/mol. The molecule has 9 aromatic rings. The number of hydrogen-bond donors (Lipinski definition) is 0. The van der Waals surface area contributed by atoms with Crippen molar-refractivity contribution in [3.8, 4) is 11.1 Å². The van der Waals surface area contributed by atoms with Crippen molar-refractivity contribution >= 4 is 84.2 Å². The van der Waals surface area contributed by atoms with Gasteiger partial charge in [0.2, 0.25) is 0 Å². The smallest absolute Gasteiger partial charge is 0.180 e. The Morgan fingerprint density at radius 2 is 0.706 bits per heavy atom. The minimum atomic E-state index is -3.23. The fourth-order valence-corrected chi connectivity index (χ4v) is 16.8. The van der Waals surface area contributed by atoms with Gasteiger partial charge < -0.3 is 4.57 Å². The molecule has 0 bridgehead atoms. The van der Waals surface area contributed by atoms with Crippen LogP contribution in [0.25, 0.3) is 43.4 Å². The van der Waals surface area contributed by atoms with E-state index in [2.05, 4.69) is 140 Å². The van der Waals surface area contributed by atoms with Crippen LogP contribution in [0.4, 0.5) is 0 Å². The molecule has 9 aromatic carbocycles. The molecule has 0 radical (unpaired) electrons. The summed E-state index contributed by atoms with van der Waals surface area (Å²) in [6, 6.07) is 71.7. The van der Waals surface area contributed by atoms with Crippen molar-refractivity contribution in [2.75, 3.05) is 0 Å². The maximum Gasteiger partial charge on any atom is 0.180 e. The minimum absolute atomic E-state index is 0.849. The van der Waals surface area contributed by atoms with E-state index in [-0.39, 0.29) is 0 Å². The van der Waals surface area contributed by atoms with Crippen molar-refractivity contribution < 1.29 is 4.57 Å². The van der Waals surface area contributed by atoms with Gasteiger partial charge in [0.05, 0.1) is 0 Å². The molecular weight excluding hydrogens is 652 g/mol. The van der Waals surface area contributed by atoms with Gasteiger partial charge >= 0.3 is 0 Å². The first-order valence-electron chi connectivity index (χ1n) is 17.5. The van der Waals surface area contributed by atoms with Gasteiger partial charge in [0, 0.05) is 15.9 Å². The van der Waals surface area contributed by atoms with Crippen LogP contribution in [0.3, 0.4) is 0 Å². The molecule has 3 heteroatoms. The highest BCUT2D eigenvalue weighted by Crippen LogP contribution is 2.44. The molecule has 1 heterocycles. The van der Waals surface area contributed by atoms with Crippen molar-refractivity contribution in [1.29, 1.82) is 0 Å². The summed E-state index contributed by atoms with van der Waals surface area (Å²) in [5, 5.41) is 15.5. The molecule has 0 amide bonds. The second kappa shape index (κ2) is 11.6. The lowest BCUT2D eigenvalue weighted by Crippen LogP contribution is -2.73. The zero-order chi connectivity index (χ0) is 34.0. The Morgan fingerprint density at radius 3 is 1.20 bits per heavy atom. The Kier molecular flexibility index (Phi) is 6.86. The van der Waals surface area contributed by atoms with Gasteiger partial charge in [-0.15, -0.1) is 0 Å². The summed E-state index contributed by atoms with van der Waals surface area (Å²) >= 11 is 0. The van der Waals surface area contributed by atoms with E-state index in [0.29, 0.717) is 0 Å². The van der Waals surface area contributed by atoms with Gasteiger partial charge in [0.1, 0.15) is 0 Å². The molecule has 1 aliphatic heterocycles. The summed E-state index contributed by atoms with van der Waals surface area (Å²) in [7, 11) is -6.16. The van der Waals surface area contributed by atoms with Gasteiger partial charge in [-0.1, -0.05) is 188 Å². The number of hydrogen-bond acceptors (Lipinski definition) is 1. The quantitative estimate of drug-likeness (QED) is 0.102. The van der Waals surface area contributed by atoms with Crippen molar-refractivity contribution in [2.24, 2.45) is 0 Å². The third-order valence-corrected chi connectivity index (χ3v) is 18.9. The normalized spacial score (nSPS) is 13.3. The minimum Gasteiger partial charge on any atom is -0.309 e. The van der Waals surface area contributed by atoms with E-state index in [4.69, 9.17) is 0 Å². The molecule has 240 valence electrons. The zero-order valence-electron chi connectivity index (χ0n) is 27.9. The third-order valence-electron chi connectivity index (χ3n) is 11.0. The first-order chi connectivity index (χ1) is 25.2. The van der Waals surface area contributed by atoms with Gasteiger partial charge in [0.15, 0.2) is 15.2 Å². The van der Waals surface area contributed by atoms with Crippen molar-refractivity contribution in [2.45, 2.75) is 0 Å². The van der Waals surface area contributed by atoms with Crippen LogP contribution in [-0.4, -0.2) is 8.07 Å². The second-order valence-corrected chi connectivity index (χ2v) is 20.0. The number of fused-ring (bicyclic) bond motifs is 9. The Morgan fingerprint density at radius 1 is 0.314 bits per heavy atom. The maximum absolute atomic E-state index is 15.9. The topological polar surface area (TPSA) is 17.1 Å². The average Bonchev–Trinajstić information content (AvgIpc) is 3.51. The van der Waals surface area contributed by atoms with E-state index in [1.165, 1.54) is 64.2 Å². The number of benzene rings is 9. The molecule has 51 heavy (non-hydrogen) atoms. The molecule has 0 aliphatic carbocycles. The summed E-state index contributed by atoms with van der Waals surface area (Å²) in [6.07, 6.45) is 0. The Labute approximate surface area is 298 Å². The highest BCUT2D eigenvalue weighted by Gasteiger charge is 2.49. The third kappa shape index (κ3) is 4.31. The number of rotatable bonds is 5. The molecule has 0 saturated carbocycles. The first kappa shape index (κ1) is 30.1. The molecule has 0 fully saturated rings. The van der Waals surface area contributed by atoms with E-state index < -0.39 is 15.2 Å². The van der Waals surface area contributed by atoms with Crippen LogP contribution in [0, 0.1) is 0 Å². The van der Waals surface area contributed by atoms with Crippen LogP contribution in [-0.2, 0) is 4.57 Å². The fourth-order valence-electron chi connectivity index (χ4n) is 8.79. The largest absolute Gasteiger partial charge is 0.309 e. The van der Waals surface area contributed by atoms with Crippen LogP contribution in [0.5, 0.6) is 0 Å². The molecular formula is C48H33OPSi. The molecule has 0 atom stereocenters. The monoisotopic (exact) mass is 684 g/mol. The highest BCUT2D eigenvalue weighted by molar-refractivity contribution is 7.85. The lowest BCUT2D eigenvalue weighted by Gasteiger charge is -2.32. The molecule has 0 saturated heterocycles. The molecule has 10 rings (SSSR count). The van der Waals surface area contributed by atoms with Crippen molar-refractivity contribution in [3.63, 3.8) is 0 Å². The Balaban J connectivity index is 1.37. The second-order valence-electron chi connectivity index (χ2n) is 13.5. The maximum atomic E-state index is 15.9. The summed E-state index contributed by atoms with van der Waals surface area (Å²) in [5.41, 5.74) is 2.51. The highest BCUT2D eigenvalue weighted by atomic mass is 31.2. The fraction of sp³-hybridized carbons (Fsp3) is 0. The van der Waals surface area contributed by atoms with E-state index in [1.54, 1.807) is 0 Å². The molecule has 0 spiro atoms. The van der Waals surface area contributed by atoms with Crippen LogP contribution in [0.15, 0.2) is 200 Å². The summed E-state index contributed by atoms with van der Waals surface area (Å²) < 4.78 is 15.9. The van der Waals surface area contributed by atoms with Gasteiger partial charge in [-0.25, -0.2) is 0 Å². The van der Waals surface area contributed by atoms with Gasteiger partial charge in [-0.05, 0) is 76.3 Å². The molecule has 0 N–H and O–H groups in total. The molecule has 1 nitrogen and oxygen atoms in total. The van der Waals surface area contributed by atoms with Crippen molar-refractivity contribution in [1.82, 2.24) is 0 Å². The van der Waals surface area contributed by atoms with Gasteiger partial charge in [-0.2, -0.15) is 0 Å².